The fourth-order valence-corrected chi connectivity index (χ4v) is 4.25. The van der Waals surface area contributed by atoms with E-state index in [-0.39, 0.29) is 0 Å². The van der Waals surface area contributed by atoms with Gasteiger partial charge in [0, 0.05) is 22.0 Å². The van der Waals surface area contributed by atoms with Crippen LogP contribution in [0.25, 0.3) is 11.3 Å². The van der Waals surface area contributed by atoms with Gasteiger partial charge in [0.05, 0.1) is 33.8 Å². The molecule has 0 N–H and O–H groups in total. The standard InChI is InChI=1S/C22H16Cl2N4S2/c1-29-18-7-4-15(5-8-18)12-26-28-21(16-6-9-19(23)20(24)11-16)14-30-22(28)27-17-3-2-10-25-13-17/h2-14H,1H3. The van der Waals surface area contributed by atoms with E-state index in [0.29, 0.717) is 10.0 Å². The van der Waals surface area contributed by atoms with Crippen molar-refractivity contribution in [2.75, 3.05) is 6.26 Å². The SMILES string of the molecule is CSc1ccc(C=Nn2c(-c3ccc(Cl)c(Cl)c3)csc2=Nc2cccnc2)cc1. The fraction of sp³-hybridized carbons (Fsp3) is 0.0455. The topological polar surface area (TPSA) is 42.5 Å². The maximum Gasteiger partial charge on any atom is 0.211 e. The Bertz CT molecular complexity index is 1250. The monoisotopic (exact) mass is 470 g/mol. The predicted molar refractivity (Wildman–Crippen MR) is 128 cm³/mol. The van der Waals surface area contributed by atoms with Crippen LogP contribution >= 0.6 is 46.3 Å². The van der Waals surface area contributed by atoms with Gasteiger partial charge in [-0.2, -0.15) is 5.10 Å². The molecule has 0 fully saturated rings. The molecule has 0 aliphatic rings. The molecule has 2 aromatic heterocycles. The highest BCUT2D eigenvalue weighted by molar-refractivity contribution is 7.98. The summed E-state index contributed by atoms with van der Waals surface area (Å²) in [4.78, 5) is 10.8. The van der Waals surface area contributed by atoms with Crippen LogP contribution in [0.15, 0.2) is 87.4 Å². The summed E-state index contributed by atoms with van der Waals surface area (Å²) in [7, 11) is 0. The molecule has 0 saturated carbocycles. The zero-order valence-electron chi connectivity index (χ0n) is 15.9. The lowest BCUT2D eigenvalue weighted by Crippen LogP contribution is -2.11. The number of benzene rings is 2. The number of halogens is 2. The summed E-state index contributed by atoms with van der Waals surface area (Å²) >= 11 is 15.5. The van der Waals surface area contributed by atoms with Gasteiger partial charge in [0.2, 0.25) is 4.80 Å². The van der Waals surface area contributed by atoms with Crippen molar-refractivity contribution in [2.45, 2.75) is 4.90 Å². The fourth-order valence-electron chi connectivity index (χ4n) is 2.69. The molecule has 30 heavy (non-hydrogen) atoms. The Hall–Kier alpha value is -2.38. The van der Waals surface area contributed by atoms with Crippen LogP contribution in [0.4, 0.5) is 5.69 Å². The summed E-state index contributed by atoms with van der Waals surface area (Å²) in [6.07, 6.45) is 7.31. The van der Waals surface area contributed by atoms with Crippen LogP contribution in [0.1, 0.15) is 5.56 Å². The predicted octanol–water partition coefficient (Wildman–Crippen LogP) is 6.75. The van der Waals surface area contributed by atoms with Crippen molar-refractivity contribution >= 4 is 58.2 Å². The van der Waals surface area contributed by atoms with Crippen molar-refractivity contribution < 1.29 is 0 Å². The van der Waals surface area contributed by atoms with Crippen molar-refractivity contribution in [1.29, 1.82) is 0 Å². The van der Waals surface area contributed by atoms with Gasteiger partial charge in [-0.3, -0.25) is 4.98 Å². The molecule has 0 aliphatic carbocycles. The average molecular weight is 471 g/mol. The van der Waals surface area contributed by atoms with E-state index < -0.39 is 0 Å². The largest absolute Gasteiger partial charge is 0.262 e. The van der Waals surface area contributed by atoms with E-state index in [1.807, 2.05) is 48.0 Å². The number of aromatic nitrogens is 2. The van der Waals surface area contributed by atoms with Crippen molar-refractivity contribution in [3.63, 3.8) is 0 Å². The van der Waals surface area contributed by atoms with Crippen molar-refractivity contribution in [3.8, 4) is 11.3 Å². The number of pyridine rings is 1. The molecule has 2 aromatic carbocycles. The van der Waals surface area contributed by atoms with Gasteiger partial charge in [-0.15, -0.1) is 23.1 Å². The second-order valence-corrected chi connectivity index (χ2v) is 8.72. The Morgan fingerprint density at radius 2 is 1.90 bits per heavy atom. The van der Waals surface area contributed by atoms with Crippen molar-refractivity contribution in [3.05, 3.63) is 92.8 Å². The molecule has 4 rings (SSSR count). The minimum Gasteiger partial charge on any atom is -0.262 e. The Kier molecular flexibility index (Phi) is 6.69. The molecule has 2 heterocycles. The zero-order chi connectivity index (χ0) is 20.9. The number of nitrogens with zero attached hydrogens (tertiary/aromatic N) is 4. The molecule has 0 bridgehead atoms. The van der Waals surface area contributed by atoms with Crippen molar-refractivity contribution in [1.82, 2.24) is 9.66 Å². The van der Waals surface area contributed by atoms with Crippen molar-refractivity contribution in [2.24, 2.45) is 10.1 Å². The van der Waals surface area contributed by atoms with E-state index in [1.54, 1.807) is 34.9 Å². The second kappa shape index (κ2) is 9.62. The summed E-state index contributed by atoms with van der Waals surface area (Å²) in [6, 6.07) is 17.5. The molecular weight excluding hydrogens is 455 g/mol. The minimum atomic E-state index is 0.495. The highest BCUT2D eigenvalue weighted by Gasteiger charge is 2.10. The Morgan fingerprint density at radius 3 is 2.60 bits per heavy atom. The molecule has 0 saturated heterocycles. The van der Waals surface area contributed by atoms with E-state index in [9.17, 15) is 0 Å². The third kappa shape index (κ3) is 4.84. The minimum absolute atomic E-state index is 0.495. The number of rotatable bonds is 5. The molecule has 150 valence electrons. The van der Waals surface area contributed by atoms with Gasteiger partial charge >= 0.3 is 0 Å². The van der Waals surface area contributed by atoms with Gasteiger partial charge in [-0.05, 0) is 48.2 Å². The molecule has 0 atom stereocenters. The van der Waals surface area contributed by atoms with Gasteiger partial charge in [0.1, 0.15) is 0 Å². The normalized spacial score (nSPS) is 12.0. The van der Waals surface area contributed by atoms with Gasteiger partial charge < -0.3 is 0 Å². The van der Waals surface area contributed by atoms with Crippen LogP contribution in [0.3, 0.4) is 0 Å². The molecule has 0 radical (unpaired) electrons. The van der Waals surface area contributed by atoms with Gasteiger partial charge in [-0.1, -0.05) is 41.4 Å². The van der Waals surface area contributed by atoms with Crippen LogP contribution < -0.4 is 4.80 Å². The first-order chi connectivity index (χ1) is 14.6. The third-order valence-corrected chi connectivity index (χ3v) is 6.51. The maximum atomic E-state index is 6.24. The molecule has 0 amide bonds. The lowest BCUT2D eigenvalue weighted by molar-refractivity contribution is 0.854. The third-order valence-electron chi connectivity index (χ3n) is 4.21. The van der Waals surface area contributed by atoms with Gasteiger partial charge in [0.15, 0.2) is 0 Å². The van der Waals surface area contributed by atoms with Gasteiger partial charge in [-0.25, -0.2) is 9.67 Å². The summed E-state index contributed by atoms with van der Waals surface area (Å²) in [5, 5.41) is 7.73. The van der Waals surface area contributed by atoms with E-state index in [1.165, 1.54) is 16.2 Å². The Labute approximate surface area is 192 Å². The lowest BCUT2D eigenvalue weighted by atomic mass is 10.2. The van der Waals surface area contributed by atoms with E-state index >= 15 is 0 Å². The molecule has 0 unspecified atom stereocenters. The van der Waals surface area contributed by atoms with Crippen LogP contribution in [0.2, 0.25) is 10.0 Å². The quantitative estimate of drug-likeness (QED) is 0.239. The van der Waals surface area contributed by atoms with Crippen LogP contribution in [0.5, 0.6) is 0 Å². The number of thioether (sulfide) groups is 1. The van der Waals surface area contributed by atoms with E-state index in [0.717, 1.165) is 27.3 Å². The Balaban J connectivity index is 1.81. The zero-order valence-corrected chi connectivity index (χ0v) is 19.0. The first-order valence-electron chi connectivity index (χ1n) is 8.93. The molecule has 8 heteroatoms. The van der Waals surface area contributed by atoms with Crippen LogP contribution in [-0.4, -0.2) is 22.1 Å². The van der Waals surface area contributed by atoms with Gasteiger partial charge in [0.25, 0.3) is 0 Å². The maximum absolute atomic E-state index is 6.24. The van der Waals surface area contributed by atoms with Crippen LogP contribution in [0, 0.1) is 0 Å². The number of hydrogen-bond donors (Lipinski definition) is 0. The summed E-state index contributed by atoms with van der Waals surface area (Å²) in [6.45, 7) is 0. The Morgan fingerprint density at radius 1 is 1.07 bits per heavy atom. The summed E-state index contributed by atoms with van der Waals surface area (Å²) < 4.78 is 1.81. The average Bonchev–Trinajstić information content (AvgIpc) is 3.17. The lowest BCUT2D eigenvalue weighted by Gasteiger charge is -2.05. The highest BCUT2D eigenvalue weighted by Crippen LogP contribution is 2.29. The first kappa shape index (κ1) is 20.9. The van der Waals surface area contributed by atoms with Crippen LogP contribution in [-0.2, 0) is 0 Å². The second-order valence-electron chi connectivity index (χ2n) is 6.18. The number of thiazole rings is 1. The summed E-state index contributed by atoms with van der Waals surface area (Å²) in [5.74, 6) is 0. The molecule has 0 aliphatic heterocycles. The molecule has 4 nitrogen and oxygen atoms in total. The molecule has 0 spiro atoms. The summed E-state index contributed by atoms with van der Waals surface area (Å²) in [5.41, 5.74) is 3.54. The number of hydrogen-bond acceptors (Lipinski definition) is 5. The highest BCUT2D eigenvalue weighted by atomic mass is 35.5. The molecule has 4 aromatic rings. The molecular formula is C22H16Cl2N4S2. The van der Waals surface area contributed by atoms with E-state index in [2.05, 4.69) is 23.4 Å². The first-order valence-corrected chi connectivity index (χ1v) is 11.8. The smallest absolute Gasteiger partial charge is 0.211 e. The van der Waals surface area contributed by atoms with E-state index in [4.69, 9.17) is 33.3 Å².